The fourth-order valence-electron chi connectivity index (χ4n) is 3.27. The number of tetrazole rings is 1. The third-order valence-electron chi connectivity index (χ3n) is 4.58. The van der Waals surface area contributed by atoms with Crippen molar-refractivity contribution in [2.45, 2.75) is 32.4 Å². The fourth-order valence-corrected chi connectivity index (χ4v) is 3.27. The van der Waals surface area contributed by atoms with Crippen LogP contribution in [0.5, 0.6) is 0 Å². The molecule has 116 valence electrons. The Bertz CT molecular complexity index is 821. The SMILES string of the molecule is Cc1ccc(C2CC(c3ccccc3C)n3nnnc3N2)cc1. The van der Waals surface area contributed by atoms with Gasteiger partial charge in [-0.25, -0.2) is 4.68 Å². The van der Waals surface area contributed by atoms with E-state index in [2.05, 4.69) is 83.2 Å². The van der Waals surface area contributed by atoms with Gasteiger partial charge in [-0.05, 0) is 47.4 Å². The highest BCUT2D eigenvalue weighted by Crippen LogP contribution is 2.37. The van der Waals surface area contributed by atoms with Gasteiger partial charge < -0.3 is 5.32 Å². The summed E-state index contributed by atoms with van der Waals surface area (Å²) >= 11 is 0. The Morgan fingerprint density at radius 3 is 2.61 bits per heavy atom. The number of nitrogens with one attached hydrogen (secondary N) is 1. The first kappa shape index (κ1) is 13.9. The van der Waals surface area contributed by atoms with Gasteiger partial charge in [-0.3, -0.25) is 0 Å². The normalized spacial score (nSPS) is 19.9. The summed E-state index contributed by atoms with van der Waals surface area (Å²) in [6, 6.07) is 17.5. The van der Waals surface area contributed by atoms with Crippen molar-refractivity contribution in [3.63, 3.8) is 0 Å². The van der Waals surface area contributed by atoms with Crippen LogP contribution in [-0.4, -0.2) is 20.2 Å². The number of fused-ring (bicyclic) bond motifs is 1. The Morgan fingerprint density at radius 2 is 1.83 bits per heavy atom. The second-order valence-electron chi connectivity index (χ2n) is 6.16. The van der Waals surface area contributed by atoms with E-state index in [9.17, 15) is 0 Å². The standard InChI is InChI=1S/C18H19N5/c1-12-7-9-14(10-8-12)16-11-17(15-6-4-3-5-13(15)2)23-18(19-16)20-21-22-23/h3-10,16-17H,11H2,1-2H3,(H,19,20,22). The van der Waals surface area contributed by atoms with Crippen molar-refractivity contribution in [2.24, 2.45) is 0 Å². The molecule has 1 aromatic heterocycles. The van der Waals surface area contributed by atoms with Crippen LogP contribution >= 0.6 is 0 Å². The lowest BCUT2D eigenvalue weighted by molar-refractivity contribution is 0.422. The number of hydrogen-bond acceptors (Lipinski definition) is 4. The number of rotatable bonds is 2. The van der Waals surface area contributed by atoms with E-state index in [0.717, 1.165) is 12.4 Å². The third-order valence-corrected chi connectivity index (χ3v) is 4.58. The molecule has 1 N–H and O–H groups in total. The number of anilines is 1. The van der Waals surface area contributed by atoms with Crippen LogP contribution < -0.4 is 5.32 Å². The molecule has 0 saturated carbocycles. The Labute approximate surface area is 135 Å². The summed E-state index contributed by atoms with van der Waals surface area (Å²) in [5.41, 5.74) is 5.08. The van der Waals surface area contributed by atoms with Crippen LogP contribution in [-0.2, 0) is 0 Å². The van der Waals surface area contributed by atoms with Gasteiger partial charge in [0.05, 0.1) is 12.1 Å². The lowest BCUT2D eigenvalue weighted by Crippen LogP contribution is -2.28. The first-order chi connectivity index (χ1) is 11.2. The second kappa shape index (κ2) is 5.50. The van der Waals surface area contributed by atoms with Crippen molar-refractivity contribution in [1.29, 1.82) is 0 Å². The molecule has 0 aliphatic carbocycles. The van der Waals surface area contributed by atoms with Crippen LogP contribution in [0.2, 0.25) is 0 Å². The zero-order valence-corrected chi connectivity index (χ0v) is 13.3. The molecule has 0 bridgehead atoms. The van der Waals surface area contributed by atoms with E-state index in [1.165, 1.54) is 22.3 Å². The molecule has 5 nitrogen and oxygen atoms in total. The van der Waals surface area contributed by atoms with E-state index in [4.69, 9.17) is 0 Å². The highest BCUT2D eigenvalue weighted by molar-refractivity contribution is 5.39. The Balaban J connectivity index is 1.75. The summed E-state index contributed by atoms with van der Waals surface area (Å²) in [5, 5.41) is 15.6. The molecular formula is C18H19N5. The van der Waals surface area contributed by atoms with Gasteiger partial charge in [0, 0.05) is 0 Å². The number of hydrogen-bond donors (Lipinski definition) is 1. The number of benzene rings is 2. The summed E-state index contributed by atoms with van der Waals surface area (Å²) in [6.07, 6.45) is 0.923. The molecule has 3 aromatic rings. The molecule has 0 spiro atoms. The van der Waals surface area contributed by atoms with E-state index in [0.29, 0.717) is 0 Å². The van der Waals surface area contributed by atoms with Gasteiger partial charge in [0.25, 0.3) is 0 Å². The smallest absolute Gasteiger partial charge is 0.243 e. The summed E-state index contributed by atoms with van der Waals surface area (Å²) in [5.74, 6) is 0.732. The third kappa shape index (κ3) is 2.48. The maximum absolute atomic E-state index is 4.19. The van der Waals surface area contributed by atoms with Crippen molar-refractivity contribution in [3.05, 3.63) is 70.8 Å². The number of nitrogens with zero attached hydrogens (tertiary/aromatic N) is 4. The molecule has 0 fully saturated rings. The minimum Gasteiger partial charge on any atom is -0.346 e. The van der Waals surface area contributed by atoms with Gasteiger partial charge in [-0.15, -0.1) is 0 Å². The highest BCUT2D eigenvalue weighted by atomic mass is 15.6. The van der Waals surface area contributed by atoms with Crippen molar-refractivity contribution >= 4 is 5.95 Å². The molecule has 2 unspecified atom stereocenters. The van der Waals surface area contributed by atoms with E-state index < -0.39 is 0 Å². The minimum absolute atomic E-state index is 0.147. The Morgan fingerprint density at radius 1 is 1.04 bits per heavy atom. The summed E-state index contributed by atoms with van der Waals surface area (Å²) in [7, 11) is 0. The molecule has 5 heteroatoms. The molecular weight excluding hydrogens is 286 g/mol. The van der Waals surface area contributed by atoms with Crippen LogP contribution in [0.4, 0.5) is 5.95 Å². The molecule has 0 saturated heterocycles. The zero-order valence-electron chi connectivity index (χ0n) is 13.3. The topological polar surface area (TPSA) is 55.6 Å². The maximum atomic E-state index is 4.19. The first-order valence-electron chi connectivity index (χ1n) is 7.89. The van der Waals surface area contributed by atoms with Crippen LogP contribution in [0.15, 0.2) is 48.5 Å². The van der Waals surface area contributed by atoms with Crippen molar-refractivity contribution in [3.8, 4) is 0 Å². The molecule has 2 atom stereocenters. The number of aryl methyl sites for hydroxylation is 2. The van der Waals surface area contributed by atoms with Gasteiger partial charge in [-0.1, -0.05) is 59.2 Å². The van der Waals surface area contributed by atoms with Crippen LogP contribution in [0.25, 0.3) is 0 Å². The lowest BCUT2D eigenvalue weighted by atomic mass is 9.91. The van der Waals surface area contributed by atoms with E-state index in [1.54, 1.807) is 0 Å². The summed E-state index contributed by atoms with van der Waals surface area (Å²) in [4.78, 5) is 0. The summed E-state index contributed by atoms with van der Waals surface area (Å²) < 4.78 is 1.90. The first-order valence-corrected chi connectivity index (χ1v) is 7.89. The molecule has 0 radical (unpaired) electrons. The Kier molecular flexibility index (Phi) is 3.33. The second-order valence-corrected chi connectivity index (χ2v) is 6.16. The predicted molar refractivity (Wildman–Crippen MR) is 89.3 cm³/mol. The van der Waals surface area contributed by atoms with Crippen LogP contribution in [0.3, 0.4) is 0 Å². The van der Waals surface area contributed by atoms with E-state index in [-0.39, 0.29) is 12.1 Å². The van der Waals surface area contributed by atoms with Gasteiger partial charge in [-0.2, -0.15) is 0 Å². The van der Waals surface area contributed by atoms with Crippen LogP contribution in [0.1, 0.15) is 40.8 Å². The van der Waals surface area contributed by atoms with Crippen LogP contribution in [0, 0.1) is 13.8 Å². The predicted octanol–water partition coefficient (Wildman–Crippen LogP) is 3.44. The molecule has 2 aromatic carbocycles. The van der Waals surface area contributed by atoms with Gasteiger partial charge >= 0.3 is 0 Å². The maximum Gasteiger partial charge on any atom is 0.243 e. The van der Waals surface area contributed by atoms with Crippen molar-refractivity contribution < 1.29 is 0 Å². The fraction of sp³-hybridized carbons (Fsp3) is 0.278. The number of aromatic nitrogens is 4. The Hall–Kier alpha value is -2.69. The average molecular weight is 305 g/mol. The zero-order chi connectivity index (χ0) is 15.8. The molecule has 1 aliphatic rings. The molecule has 2 heterocycles. The van der Waals surface area contributed by atoms with Crippen molar-refractivity contribution in [1.82, 2.24) is 20.2 Å². The van der Waals surface area contributed by atoms with Crippen molar-refractivity contribution in [2.75, 3.05) is 5.32 Å². The minimum atomic E-state index is 0.147. The monoisotopic (exact) mass is 305 g/mol. The average Bonchev–Trinajstić information content (AvgIpc) is 3.04. The quantitative estimate of drug-likeness (QED) is 0.788. The largest absolute Gasteiger partial charge is 0.346 e. The van der Waals surface area contributed by atoms with Gasteiger partial charge in [0.15, 0.2) is 0 Å². The molecule has 4 rings (SSSR count). The molecule has 0 amide bonds. The molecule has 23 heavy (non-hydrogen) atoms. The molecule has 1 aliphatic heterocycles. The van der Waals surface area contributed by atoms with Gasteiger partial charge in [0.1, 0.15) is 0 Å². The lowest BCUT2D eigenvalue weighted by Gasteiger charge is -2.31. The van der Waals surface area contributed by atoms with E-state index >= 15 is 0 Å². The van der Waals surface area contributed by atoms with E-state index in [1.807, 2.05) is 4.68 Å². The van der Waals surface area contributed by atoms with Gasteiger partial charge in [0.2, 0.25) is 5.95 Å². The highest BCUT2D eigenvalue weighted by Gasteiger charge is 2.31. The summed E-state index contributed by atoms with van der Waals surface area (Å²) in [6.45, 7) is 4.25.